The van der Waals surface area contributed by atoms with E-state index in [1.54, 1.807) is 5.38 Å². The van der Waals surface area contributed by atoms with E-state index >= 15 is 0 Å². The maximum Gasteiger partial charge on any atom is 0.276 e. The number of likely N-dealkylation sites (N-methyl/N-ethyl adjacent to an activating group) is 1. The van der Waals surface area contributed by atoms with E-state index in [0.717, 1.165) is 6.07 Å². The van der Waals surface area contributed by atoms with Crippen LogP contribution < -0.4 is 5.32 Å². The van der Waals surface area contributed by atoms with Gasteiger partial charge in [0.25, 0.3) is 5.91 Å². The van der Waals surface area contributed by atoms with Crippen LogP contribution in [0.25, 0.3) is 0 Å². The van der Waals surface area contributed by atoms with Gasteiger partial charge in [0.1, 0.15) is 15.4 Å². The van der Waals surface area contributed by atoms with Gasteiger partial charge in [-0.2, -0.15) is 4.31 Å². The Bertz CT molecular complexity index is 905. The van der Waals surface area contributed by atoms with Gasteiger partial charge in [0.05, 0.1) is 12.1 Å². The van der Waals surface area contributed by atoms with Crippen molar-refractivity contribution in [2.45, 2.75) is 0 Å². The van der Waals surface area contributed by atoms with Gasteiger partial charge in [-0.25, -0.2) is 9.37 Å². The second kappa shape index (κ2) is 7.42. The van der Waals surface area contributed by atoms with Gasteiger partial charge in [0, 0.05) is 17.1 Å². The van der Waals surface area contributed by atoms with Crippen LogP contribution in [0.15, 0.2) is 44.4 Å². The molecule has 1 aromatic carbocycles. The maximum absolute atomic E-state index is 13.2. The Morgan fingerprint density at radius 2 is 2.28 bits per heavy atom. The summed E-state index contributed by atoms with van der Waals surface area (Å²) >= 11 is 8.49. The lowest BCUT2D eigenvalue weighted by Gasteiger charge is -2.22. The lowest BCUT2D eigenvalue weighted by Crippen LogP contribution is -2.35. The van der Waals surface area contributed by atoms with E-state index in [-0.39, 0.29) is 10.7 Å². The van der Waals surface area contributed by atoms with Crippen LogP contribution in [0.2, 0.25) is 5.02 Å². The highest BCUT2D eigenvalue weighted by Gasteiger charge is 2.31. The van der Waals surface area contributed by atoms with Gasteiger partial charge in [0.2, 0.25) is 11.5 Å². The standard InChI is InChI=1S/C14H9BrClFN4O2S2/c1-21-11(13(22)18-7-2-3-9(17)8(16)4-7)5-10(20-25(21)23)14-19-12(15)6-24-14/h2-6H,1H3,(H,18,22). The average molecular weight is 464 g/mol. The van der Waals surface area contributed by atoms with Gasteiger partial charge in [-0.05, 0) is 38.5 Å². The number of carbonyl (C=O) groups is 1. The molecule has 6 nitrogen and oxygen atoms in total. The Kier molecular flexibility index (Phi) is 5.44. The van der Waals surface area contributed by atoms with Gasteiger partial charge in [-0.1, -0.05) is 11.6 Å². The minimum Gasteiger partial charge on any atom is -0.566 e. The molecular formula is C14H9BrClFN4O2S2. The van der Waals surface area contributed by atoms with E-state index < -0.39 is 23.3 Å². The molecule has 0 saturated carbocycles. The highest BCUT2D eigenvalue weighted by molar-refractivity contribution is 9.10. The zero-order valence-corrected chi connectivity index (χ0v) is 16.5. The number of nitrogens with one attached hydrogen (secondary N) is 1. The summed E-state index contributed by atoms with van der Waals surface area (Å²) in [5.41, 5.74) is 0.794. The average Bonchev–Trinajstić information content (AvgIpc) is 3.00. The van der Waals surface area contributed by atoms with Crippen molar-refractivity contribution in [1.82, 2.24) is 9.29 Å². The Morgan fingerprint density at radius 3 is 2.92 bits per heavy atom. The molecule has 1 unspecified atom stereocenters. The summed E-state index contributed by atoms with van der Waals surface area (Å²) < 4.78 is 31.3. The Morgan fingerprint density at radius 1 is 1.52 bits per heavy atom. The fourth-order valence-corrected chi connectivity index (χ4v) is 4.11. The molecule has 0 radical (unpaired) electrons. The van der Waals surface area contributed by atoms with Crippen molar-refractivity contribution >= 4 is 67.7 Å². The SMILES string of the molecule is CN1C(C(=O)Nc2ccc(F)c(Cl)c2)=CC(c2nc(Br)cs2)=N[S+]1[O-]. The molecule has 3 rings (SSSR count). The lowest BCUT2D eigenvalue weighted by molar-refractivity contribution is -0.113. The quantitative estimate of drug-likeness (QED) is 0.706. The topological polar surface area (TPSA) is 80.7 Å². The first kappa shape index (κ1) is 18.3. The predicted molar refractivity (Wildman–Crippen MR) is 100 cm³/mol. The van der Waals surface area contributed by atoms with Crippen LogP contribution in [0, 0.1) is 5.82 Å². The van der Waals surface area contributed by atoms with Crippen molar-refractivity contribution < 1.29 is 13.7 Å². The summed E-state index contributed by atoms with van der Waals surface area (Å²) in [5.74, 6) is -1.11. The van der Waals surface area contributed by atoms with Gasteiger partial charge in [0.15, 0.2) is 11.4 Å². The number of hydrogen-bond acceptors (Lipinski definition) is 6. The number of hydrogen-bond donors (Lipinski definition) is 1. The molecule has 0 saturated heterocycles. The number of allylic oxidation sites excluding steroid dienone is 1. The molecule has 1 atom stereocenters. The third-order valence-corrected chi connectivity index (χ3v) is 6.01. The zero-order valence-electron chi connectivity index (χ0n) is 12.5. The molecule has 0 spiro atoms. The molecule has 11 heteroatoms. The first-order valence-electron chi connectivity index (χ1n) is 6.69. The van der Waals surface area contributed by atoms with Crippen LogP contribution >= 0.6 is 38.9 Å². The monoisotopic (exact) mass is 462 g/mol. The third kappa shape index (κ3) is 4.04. The number of anilines is 1. The summed E-state index contributed by atoms with van der Waals surface area (Å²) in [5, 5.41) is 4.77. The third-order valence-electron chi connectivity index (χ3n) is 3.13. The molecule has 0 aliphatic carbocycles. The summed E-state index contributed by atoms with van der Waals surface area (Å²) in [6.07, 6.45) is 1.49. The smallest absolute Gasteiger partial charge is 0.276 e. The van der Waals surface area contributed by atoms with E-state index in [2.05, 4.69) is 30.6 Å². The minimum absolute atomic E-state index is 0.109. The Hall–Kier alpha value is -1.46. The van der Waals surface area contributed by atoms with E-state index in [1.807, 2.05) is 0 Å². The fraction of sp³-hybridized carbons (Fsp3) is 0.0714. The van der Waals surface area contributed by atoms with Crippen molar-refractivity contribution in [3.63, 3.8) is 0 Å². The number of rotatable bonds is 3. The molecule has 1 N–H and O–H groups in total. The number of nitrogens with zero attached hydrogens (tertiary/aromatic N) is 3. The van der Waals surface area contributed by atoms with Crippen LogP contribution in [0.4, 0.5) is 10.1 Å². The first-order chi connectivity index (χ1) is 11.8. The number of aromatic nitrogens is 1. The van der Waals surface area contributed by atoms with Gasteiger partial charge < -0.3 is 9.87 Å². The van der Waals surface area contributed by atoms with E-state index in [9.17, 15) is 13.7 Å². The van der Waals surface area contributed by atoms with Crippen molar-refractivity contribution in [3.8, 4) is 0 Å². The van der Waals surface area contributed by atoms with Crippen molar-refractivity contribution in [1.29, 1.82) is 0 Å². The zero-order chi connectivity index (χ0) is 18.1. The second-order valence-electron chi connectivity index (χ2n) is 4.79. The summed E-state index contributed by atoms with van der Waals surface area (Å²) in [6.45, 7) is 0. The highest BCUT2D eigenvalue weighted by Crippen LogP contribution is 2.25. The summed E-state index contributed by atoms with van der Waals surface area (Å²) in [6, 6.07) is 3.82. The Labute approximate surface area is 163 Å². The van der Waals surface area contributed by atoms with Gasteiger partial charge >= 0.3 is 0 Å². The molecule has 2 aromatic rings. The molecule has 0 fully saturated rings. The maximum atomic E-state index is 13.2. The molecule has 1 aromatic heterocycles. The molecule has 1 aliphatic rings. The minimum atomic E-state index is -1.77. The molecular weight excluding hydrogens is 455 g/mol. The highest BCUT2D eigenvalue weighted by atomic mass is 79.9. The lowest BCUT2D eigenvalue weighted by atomic mass is 10.2. The predicted octanol–water partition coefficient (Wildman–Crippen LogP) is 3.53. The van der Waals surface area contributed by atoms with Crippen LogP contribution in [-0.2, 0) is 16.3 Å². The molecule has 1 amide bonds. The van der Waals surface area contributed by atoms with Crippen LogP contribution in [0.5, 0.6) is 0 Å². The molecule has 130 valence electrons. The second-order valence-corrected chi connectivity index (χ2v) is 8.06. The summed E-state index contributed by atoms with van der Waals surface area (Å²) in [7, 11) is 1.48. The van der Waals surface area contributed by atoms with E-state index in [4.69, 9.17) is 11.6 Å². The molecule has 1 aliphatic heterocycles. The fourth-order valence-electron chi connectivity index (χ4n) is 1.93. The molecule has 25 heavy (non-hydrogen) atoms. The number of amides is 1. The molecule has 0 bridgehead atoms. The number of halogens is 3. The normalized spacial score (nSPS) is 17.2. The summed E-state index contributed by atoms with van der Waals surface area (Å²) in [4.78, 5) is 16.7. The van der Waals surface area contributed by atoms with Crippen molar-refractivity contribution in [2.75, 3.05) is 12.4 Å². The Balaban J connectivity index is 1.87. The van der Waals surface area contributed by atoms with E-state index in [1.165, 1.54) is 40.9 Å². The van der Waals surface area contributed by atoms with E-state index in [0.29, 0.717) is 21.0 Å². The van der Waals surface area contributed by atoms with Gasteiger partial charge in [-0.3, -0.25) is 4.79 Å². The van der Waals surface area contributed by atoms with Crippen molar-refractivity contribution in [3.05, 3.63) is 55.8 Å². The number of carbonyl (C=O) groups excluding carboxylic acids is 1. The molecule has 2 heterocycles. The van der Waals surface area contributed by atoms with Crippen molar-refractivity contribution in [2.24, 2.45) is 4.40 Å². The number of benzene rings is 1. The van der Waals surface area contributed by atoms with Gasteiger partial charge in [-0.15, -0.1) is 11.3 Å². The van der Waals surface area contributed by atoms with Crippen LogP contribution in [-0.4, -0.2) is 32.5 Å². The largest absolute Gasteiger partial charge is 0.566 e. The first-order valence-corrected chi connectivity index (χ1v) is 9.80. The van der Waals surface area contributed by atoms with Crippen LogP contribution in [0.3, 0.4) is 0 Å². The van der Waals surface area contributed by atoms with Crippen LogP contribution in [0.1, 0.15) is 5.01 Å². The number of thiazole rings is 1.